The van der Waals surface area contributed by atoms with E-state index in [4.69, 9.17) is 9.47 Å². The first-order valence-electron chi connectivity index (χ1n) is 9.35. The number of hydrogen-bond donors (Lipinski definition) is 2. The number of carbonyl (C=O) groups is 3. The standard InChI is InChI=1S/C20H28N4O7/c1-19(2,3)30-17(26)21-11-20(4,5)31-18(27)23-12-22-15-8-13(10-24-28)7-14(9-15)16(25)29-6/h7-9,12H,10-11H2,1-6H3,(H,21,26)(H,22,23,27). The summed E-state index contributed by atoms with van der Waals surface area (Å²) in [6, 6.07) is 4.43. The van der Waals surface area contributed by atoms with Crippen LogP contribution in [0, 0.1) is 4.91 Å². The number of methoxy groups -OCH3 is 1. The average molecular weight is 436 g/mol. The molecule has 0 saturated heterocycles. The van der Waals surface area contributed by atoms with E-state index in [2.05, 4.69) is 25.5 Å². The zero-order chi connectivity index (χ0) is 23.7. The summed E-state index contributed by atoms with van der Waals surface area (Å²) in [4.78, 5) is 50.0. The number of amides is 2. The minimum Gasteiger partial charge on any atom is -0.465 e. The third-order valence-corrected chi connectivity index (χ3v) is 3.47. The van der Waals surface area contributed by atoms with Crippen molar-refractivity contribution in [2.24, 2.45) is 10.2 Å². The van der Waals surface area contributed by atoms with E-state index in [0.717, 1.165) is 6.34 Å². The molecule has 0 aromatic heterocycles. The van der Waals surface area contributed by atoms with Gasteiger partial charge in [-0.25, -0.2) is 19.4 Å². The lowest BCUT2D eigenvalue weighted by atomic mass is 10.1. The number of nitroso groups, excluding NO2 is 1. The Balaban J connectivity index is 2.68. The summed E-state index contributed by atoms with van der Waals surface area (Å²) in [5.41, 5.74) is -0.722. The average Bonchev–Trinajstić information content (AvgIpc) is 2.64. The highest BCUT2D eigenvalue weighted by Crippen LogP contribution is 2.19. The Labute approximate surface area is 180 Å². The fraction of sp³-hybridized carbons (Fsp3) is 0.500. The highest BCUT2D eigenvalue weighted by atomic mass is 16.6. The van der Waals surface area contributed by atoms with Crippen LogP contribution in [0.5, 0.6) is 0 Å². The van der Waals surface area contributed by atoms with Crippen molar-refractivity contribution in [3.05, 3.63) is 34.2 Å². The van der Waals surface area contributed by atoms with Crippen molar-refractivity contribution in [1.82, 2.24) is 10.6 Å². The summed E-state index contributed by atoms with van der Waals surface area (Å²) in [6.45, 7) is 8.30. The molecule has 170 valence electrons. The predicted molar refractivity (Wildman–Crippen MR) is 113 cm³/mol. The fourth-order valence-electron chi connectivity index (χ4n) is 2.23. The Morgan fingerprint density at radius 1 is 1.03 bits per heavy atom. The maximum absolute atomic E-state index is 12.0. The number of esters is 1. The van der Waals surface area contributed by atoms with Crippen molar-refractivity contribution < 1.29 is 28.6 Å². The molecular weight excluding hydrogens is 408 g/mol. The molecular formula is C20H28N4O7. The first-order valence-corrected chi connectivity index (χ1v) is 9.35. The number of benzene rings is 1. The molecule has 0 aliphatic heterocycles. The maximum atomic E-state index is 12.0. The molecule has 0 spiro atoms. The van der Waals surface area contributed by atoms with E-state index in [1.807, 2.05) is 0 Å². The van der Waals surface area contributed by atoms with Crippen LogP contribution in [0.3, 0.4) is 0 Å². The Bertz CT molecular complexity index is 844. The minimum atomic E-state index is -1.03. The molecule has 0 aliphatic rings. The summed E-state index contributed by atoms with van der Waals surface area (Å²) < 4.78 is 15.0. The molecule has 1 aromatic rings. The van der Waals surface area contributed by atoms with Gasteiger partial charge in [0.1, 0.15) is 17.7 Å². The van der Waals surface area contributed by atoms with E-state index in [9.17, 15) is 19.3 Å². The number of nitrogens with zero attached hydrogens (tertiary/aromatic N) is 2. The van der Waals surface area contributed by atoms with Gasteiger partial charge in [0.2, 0.25) is 0 Å². The Hall–Kier alpha value is -3.50. The van der Waals surface area contributed by atoms with Crippen molar-refractivity contribution in [2.45, 2.75) is 52.4 Å². The van der Waals surface area contributed by atoms with Crippen molar-refractivity contribution >= 4 is 30.2 Å². The van der Waals surface area contributed by atoms with Crippen LogP contribution in [0.25, 0.3) is 0 Å². The normalized spacial score (nSPS) is 11.5. The first-order chi connectivity index (χ1) is 14.3. The van der Waals surface area contributed by atoms with Gasteiger partial charge in [-0.3, -0.25) is 5.32 Å². The number of carbonyl (C=O) groups excluding carboxylic acids is 3. The lowest BCUT2D eigenvalue weighted by Gasteiger charge is -2.26. The van der Waals surface area contributed by atoms with Gasteiger partial charge in [0, 0.05) is 0 Å². The molecule has 0 fully saturated rings. The molecule has 11 nitrogen and oxygen atoms in total. The molecule has 1 rings (SSSR count). The van der Waals surface area contributed by atoms with Gasteiger partial charge in [-0.15, -0.1) is 0 Å². The van der Waals surface area contributed by atoms with Crippen molar-refractivity contribution in [1.29, 1.82) is 0 Å². The summed E-state index contributed by atoms with van der Waals surface area (Å²) >= 11 is 0. The van der Waals surface area contributed by atoms with E-state index in [-0.39, 0.29) is 18.7 Å². The molecule has 0 saturated carbocycles. The van der Waals surface area contributed by atoms with Crippen LogP contribution in [-0.4, -0.2) is 49.4 Å². The Morgan fingerprint density at radius 3 is 2.29 bits per heavy atom. The molecule has 0 aliphatic carbocycles. The van der Waals surface area contributed by atoms with E-state index < -0.39 is 29.4 Å². The second-order valence-corrected chi connectivity index (χ2v) is 8.07. The lowest BCUT2D eigenvalue weighted by molar-refractivity contribution is 0.0275. The van der Waals surface area contributed by atoms with Gasteiger partial charge in [0.05, 0.1) is 31.2 Å². The number of nitrogens with one attached hydrogen (secondary N) is 2. The molecule has 0 atom stereocenters. The summed E-state index contributed by atoms with van der Waals surface area (Å²) in [5, 5.41) is 7.65. The highest BCUT2D eigenvalue weighted by molar-refractivity contribution is 5.91. The second-order valence-electron chi connectivity index (χ2n) is 8.07. The molecule has 0 heterocycles. The Morgan fingerprint density at radius 2 is 1.71 bits per heavy atom. The number of alkyl carbamates (subject to hydrolysis) is 2. The van der Waals surface area contributed by atoms with Crippen LogP contribution in [0.4, 0.5) is 15.3 Å². The second kappa shape index (κ2) is 11.0. The molecule has 2 N–H and O–H groups in total. The quantitative estimate of drug-likeness (QED) is 0.209. The molecule has 0 bridgehead atoms. The van der Waals surface area contributed by atoms with Crippen molar-refractivity contribution in [3.63, 3.8) is 0 Å². The van der Waals surface area contributed by atoms with Gasteiger partial charge in [-0.1, -0.05) is 5.18 Å². The molecule has 0 unspecified atom stereocenters. The lowest BCUT2D eigenvalue weighted by Crippen LogP contribution is -2.45. The van der Waals surface area contributed by atoms with E-state index in [1.54, 1.807) is 34.6 Å². The number of ether oxygens (including phenoxy) is 3. The van der Waals surface area contributed by atoms with E-state index >= 15 is 0 Å². The van der Waals surface area contributed by atoms with Crippen molar-refractivity contribution in [2.75, 3.05) is 13.7 Å². The fourth-order valence-corrected chi connectivity index (χ4v) is 2.23. The van der Waals surface area contributed by atoms with Gasteiger partial charge in [-0.2, -0.15) is 4.91 Å². The van der Waals surface area contributed by atoms with Gasteiger partial charge in [-0.05, 0) is 58.4 Å². The topological polar surface area (TPSA) is 145 Å². The monoisotopic (exact) mass is 436 g/mol. The number of hydrogen-bond acceptors (Lipinski definition) is 9. The summed E-state index contributed by atoms with van der Waals surface area (Å²) in [5.74, 6) is -0.601. The number of rotatable bonds is 8. The largest absolute Gasteiger partial charge is 0.465 e. The van der Waals surface area contributed by atoms with Gasteiger partial charge >= 0.3 is 18.2 Å². The SMILES string of the molecule is COC(=O)c1cc(CN=O)cc(N=CNC(=O)OC(C)(C)CNC(=O)OC(C)(C)C)c1. The zero-order valence-electron chi connectivity index (χ0n) is 18.5. The maximum Gasteiger partial charge on any atom is 0.412 e. The first kappa shape index (κ1) is 25.5. The molecule has 0 radical (unpaired) electrons. The predicted octanol–water partition coefficient (Wildman–Crippen LogP) is 3.43. The van der Waals surface area contributed by atoms with Crippen LogP contribution in [0.1, 0.15) is 50.5 Å². The third kappa shape index (κ3) is 10.2. The van der Waals surface area contributed by atoms with E-state index in [0.29, 0.717) is 11.3 Å². The van der Waals surface area contributed by atoms with Crippen LogP contribution >= 0.6 is 0 Å². The molecule has 11 heteroatoms. The smallest absolute Gasteiger partial charge is 0.412 e. The molecule has 31 heavy (non-hydrogen) atoms. The van der Waals surface area contributed by atoms with Gasteiger partial charge in [0.25, 0.3) is 0 Å². The molecule has 1 aromatic carbocycles. The summed E-state index contributed by atoms with van der Waals surface area (Å²) in [7, 11) is 1.23. The van der Waals surface area contributed by atoms with Crippen molar-refractivity contribution in [3.8, 4) is 0 Å². The third-order valence-electron chi connectivity index (χ3n) is 3.47. The summed E-state index contributed by atoms with van der Waals surface area (Å²) in [6.07, 6.45) is -0.357. The molecule has 2 amide bonds. The number of aliphatic imine (C=N–C) groups is 1. The highest BCUT2D eigenvalue weighted by Gasteiger charge is 2.25. The van der Waals surface area contributed by atoms with Crippen LogP contribution in [0.2, 0.25) is 0 Å². The van der Waals surface area contributed by atoms with Crippen LogP contribution in [0.15, 0.2) is 28.4 Å². The Kier molecular flexibility index (Phi) is 9.10. The van der Waals surface area contributed by atoms with Crippen LogP contribution < -0.4 is 10.6 Å². The van der Waals surface area contributed by atoms with Gasteiger partial charge < -0.3 is 19.5 Å². The van der Waals surface area contributed by atoms with E-state index in [1.165, 1.54) is 25.3 Å². The minimum absolute atomic E-state index is 0.0235. The van der Waals surface area contributed by atoms with Crippen LogP contribution in [-0.2, 0) is 20.8 Å². The zero-order valence-corrected chi connectivity index (χ0v) is 18.5. The van der Waals surface area contributed by atoms with Gasteiger partial charge in [0.15, 0.2) is 0 Å².